The fraction of sp³-hybridized carbons (Fsp3) is 0.318. The van der Waals surface area contributed by atoms with Gasteiger partial charge in [0.25, 0.3) is 0 Å². The Hall–Kier alpha value is -3.26. The van der Waals surface area contributed by atoms with Gasteiger partial charge in [0.1, 0.15) is 5.76 Å². The molecule has 0 saturated carbocycles. The standard InChI is InChI=1S/C22H25ClN4O4/c23-17-3-1-4-18(15-17)26-10-12-27(13-11-26)22(30)16-25-21(29)8-9-24-20(28)7-6-19-5-2-14-31-19/h1-7,14-15H,8-13,16H2,(H,24,28)(H,25,29)/b7-6+. The minimum absolute atomic E-state index is 0.0532. The van der Waals surface area contributed by atoms with Crippen molar-refractivity contribution in [2.75, 3.05) is 44.2 Å². The number of hydrogen-bond donors (Lipinski definition) is 2. The Morgan fingerprint density at radius 3 is 2.58 bits per heavy atom. The van der Waals surface area contributed by atoms with Gasteiger partial charge < -0.3 is 24.9 Å². The van der Waals surface area contributed by atoms with E-state index < -0.39 is 0 Å². The highest BCUT2D eigenvalue weighted by Gasteiger charge is 2.21. The Bertz CT molecular complexity index is 921. The molecular formula is C22H25ClN4O4. The lowest BCUT2D eigenvalue weighted by atomic mass is 10.2. The molecule has 0 bridgehead atoms. The minimum atomic E-state index is -0.321. The number of rotatable bonds is 8. The third-order valence-corrected chi connectivity index (χ3v) is 5.07. The second kappa shape index (κ2) is 11.2. The highest BCUT2D eigenvalue weighted by Crippen LogP contribution is 2.20. The van der Waals surface area contributed by atoms with Crippen LogP contribution in [0.1, 0.15) is 12.2 Å². The molecule has 0 atom stereocenters. The number of piperazine rings is 1. The van der Waals surface area contributed by atoms with Gasteiger partial charge in [0.2, 0.25) is 17.7 Å². The van der Waals surface area contributed by atoms with Gasteiger partial charge in [0.05, 0.1) is 12.8 Å². The highest BCUT2D eigenvalue weighted by atomic mass is 35.5. The van der Waals surface area contributed by atoms with E-state index in [2.05, 4.69) is 15.5 Å². The maximum atomic E-state index is 12.4. The molecule has 1 aliphatic rings. The molecule has 164 valence electrons. The Morgan fingerprint density at radius 2 is 1.87 bits per heavy atom. The second-order valence-electron chi connectivity index (χ2n) is 7.01. The van der Waals surface area contributed by atoms with Gasteiger partial charge in [-0.1, -0.05) is 17.7 Å². The fourth-order valence-electron chi connectivity index (χ4n) is 3.16. The molecule has 0 spiro atoms. The van der Waals surface area contributed by atoms with E-state index in [1.165, 1.54) is 12.3 Å². The van der Waals surface area contributed by atoms with Gasteiger partial charge in [-0.2, -0.15) is 0 Å². The Balaban J connectivity index is 1.30. The van der Waals surface area contributed by atoms with Gasteiger partial charge >= 0.3 is 0 Å². The Labute approximate surface area is 185 Å². The molecule has 0 radical (unpaired) electrons. The summed E-state index contributed by atoms with van der Waals surface area (Å²) in [7, 11) is 0. The smallest absolute Gasteiger partial charge is 0.244 e. The van der Waals surface area contributed by atoms with E-state index in [1.807, 2.05) is 24.3 Å². The molecule has 3 amide bonds. The van der Waals surface area contributed by atoms with E-state index in [4.69, 9.17) is 16.0 Å². The maximum absolute atomic E-state index is 12.4. The molecule has 3 rings (SSSR count). The molecule has 2 heterocycles. The number of benzene rings is 1. The number of carbonyl (C=O) groups excluding carboxylic acids is 3. The number of nitrogens with one attached hydrogen (secondary N) is 2. The van der Waals surface area contributed by atoms with Crippen molar-refractivity contribution >= 4 is 41.1 Å². The lowest BCUT2D eigenvalue weighted by Crippen LogP contribution is -2.51. The molecule has 8 nitrogen and oxygen atoms in total. The summed E-state index contributed by atoms with van der Waals surface area (Å²) in [6.07, 6.45) is 4.49. The maximum Gasteiger partial charge on any atom is 0.244 e. The van der Waals surface area contributed by atoms with Crippen LogP contribution in [0.3, 0.4) is 0 Å². The van der Waals surface area contributed by atoms with Gasteiger partial charge in [-0.25, -0.2) is 0 Å². The zero-order chi connectivity index (χ0) is 22.1. The first kappa shape index (κ1) is 22.4. The third kappa shape index (κ3) is 7.18. The molecule has 1 aromatic carbocycles. The van der Waals surface area contributed by atoms with Crippen LogP contribution in [-0.2, 0) is 14.4 Å². The first-order valence-corrected chi connectivity index (χ1v) is 10.4. The number of nitrogens with zero attached hydrogens (tertiary/aromatic N) is 2. The summed E-state index contributed by atoms with van der Waals surface area (Å²) in [5, 5.41) is 5.91. The van der Waals surface area contributed by atoms with Crippen molar-refractivity contribution in [1.82, 2.24) is 15.5 Å². The SMILES string of the molecule is O=C(/C=C/c1ccco1)NCCC(=O)NCC(=O)N1CCN(c2cccc(Cl)c2)CC1. The van der Waals surface area contributed by atoms with E-state index in [-0.39, 0.29) is 37.2 Å². The molecule has 9 heteroatoms. The Kier molecular flexibility index (Phi) is 8.12. The zero-order valence-electron chi connectivity index (χ0n) is 17.1. The van der Waals surface area contributed by atoms with Crippen molar-refractivity contribution in [3.05, 3.63) is 59.5 Å². The summed E-state index contributed by atoms with van der Waals surface area (Å²) in [4.78, 5) is 39.9. The monoisotopic (exact) mass is 444 g/mol. The summed E-state index contributed by atoms with van der Waals surface area (Å²) in [5.41, 5.74) is 1.04. The van der Waals surface area contributed by atoms with Crippen LogP contribution in [-0.4, -0.2) is 61.9 Å². The molecule has 2 N–H and O–H groups in total. The Morgan fingerprint density at radius 1 is 1.06 bits per heavy atom. The summed E-state index contributed by atoms with van der Waals surface area (Å²) >= 11 is 6.04. The van der Waals surface area contributed by atoms with Crippen molar-refractivity contribution in [3.63, 3.8) is 0 Å². The number of anilines is 1. The molecule has 2 aromatic rings. The van der Waals surface area contributed by atoms with E-state index in [0.29, 0.717) is 37.0 Å². The number of carbonyl (C=O) groups is 3. The number of hydrogen-bond acceptors (Lipinski definition) is 5. The van der Waals surface area contributed by atoms with E-state index in [1.54, 1.807) is 23.1 Å². The van der Waals surface area contributed by atoms with E-state index in [0.717, 1.165) is 5.69 Å². The summed E-state index contributed by atoms with van der Waals surface area (Å²) in [6.45, 7) is 2.70. The lowest BCUT2D eigenvalue weighted by molar-refractivity contribution is -0.133. The van der Waals surface area contributed by atoms with Crippen LogP contribution in [0.2, 0.25) is 5.02 Å². The van der Waals surface area contributed by atoms with E-state index in [9.17, 15) is 14.4 Å². The second-order valence-corrected chi connectivity index (χ2v) is 7.45. The molecule has 31 heavy (non-hydrogen) atoms. The van der Waals surface area contributed by atoms with Crippen molar-refractivity contribution in [3.8, 4) is 0 Å². The van der Waals surface area contributed by atoms with Crippen molar-refractivity contribution in [2.24, 2.45) is 0 Å². The highest BCUT2D eigenvalue weighted by molar-refractivity contribution is 6.30. The lowest BCUT2D eigenvalue weighted by Gasteiger charge is -2.36. The van der Waals surface area contributed by atoms with Crippen LogP contribution in [0, 0.1) is 0 Å². The molecule has 1 aromatic heterocycles. The van der Waals surface area contributed by atoms with Crippen molar-refractivity contribution < 1.29 is 18.8 Å². The van der Waals surface area contributed by atoms with Crippen molar-refractivity contribution in [1.29, 1.82) is 0 Å². The summed E-state index contributed by atoms with van der Waals surface area (Å²) in [5.74, 6) is -0.164. The normalized spacial score (nSPS) is 14.0. The molecular weight excluding hydrogens is 420 g/mol. The average Bonchev–Trinajstić information content (AvgIpc) is 3.30. The molecule has 0 unspecified atom stereocenters. The van der Waals surface area contributed by atoms with Crippen LogP contribution >= 0.6 is 11.6 Å². The molecule has 1 fully saturated rings. The number of furan rings is 1. The van der Waals surface area contributed by atoms with Gasteiger partial charge in [-0.3, -0.25) is 14.4 Å². The first-order valence-electron chi connectivity index (χ1n) is 10.1. The molecule has 0 aliphatic carbocycles. The quantitative estimate of drug-likeness (QED) is 0.606. The topological polar surface area (TPSA) is 94.9 Å². The van der Waals surface area contributed by atoms with Gasteiger partial charge in [0, 0.05) is 55.9 Å². The predicted octanol–water partition coefficient (Wildman–Crippen LogP) is 1.92. The van der Waals surface area contributed by atoms with Crippen LogP contribution in [0.25, 0.3) is 6.08 Å². The molecule has 1 saturated heterocycles. The largest absolute Gasteiger partial charge is 0.465 e. The zero-order valence-corrected chi connectivity index (χ0v) is 17.8. The van der Waals surface area contributed by atoms with Crippen LogP contribution in [0.5, 0.6) is 0 Å². The van der Waals surface area contributed by atoms with Crippen molar-refractivity contribution in [2.45, 2.75) is 6.42 Å². The third-order valence-electron chi connectivity index (χ3n) is 4.84. The first-order chi connectivity index (χ1) is 15.0. The number of amides is 3. The average molecular weight is 445 g/mol. The summed E-state index contributed by atoms with van der Waals surface area (Å²) in [6, 6.07) is 11.1. The van der Waals surface area contributed by atoms with E-state index >= 15 is 0 Å². The fourth-order valence-corrected chi connectivity index (χ4v) is 3.35. The number of halogens is 1. The van der Waals surface area contributed by atoms with Gasteiger partial charge in [-0.05, 0) is 36.4 Å². The molecule has 1 aliphatic heterocycles. The van der Waals surface area contributed by atoms with Gasteiger partial charge in [-0.15, -0.1) is 0 Å². The van der Waals surface area contributed by atoms with Crippen LogP contribution < -0.4 is 15.5 Å². The predicted molar refractivity (Wildman–Crippen MR) is 119 cm³/mol. The van der Waals surface area contributed by atoms with Crippen LogP contribution in [0.4, 0.5) is 5.69 Å². The van der Waals surface area contributed by atoms with Crippen LogP contribution in [0.15, 0.2) is 53.2 Å². The summed E-state index contributed by atoms with van der Waals surface area (Å²) < 4.78 is 5.09. The van der Waals surface area contributed by atoms with Gasteiger partial charge in [0.15, 0.2) is 0 Å². The minimum Gasteiger partial charge on any atom is -0.465 e.